The molecule has 0 heterocycles. The van der Waals surface area contributed by atoms with Gasteiger partial charge in [0.05, 0.1) is 13.0 Å². The summed E-state index contributed by atoms with van der Waals surface area (Å²) in [4.78, 5) is 21.7. The standard InChI is InChI=1S/C15H20ClNO4/c1-10-8-12(9-11(2)15(10)16)21-7-3-4-13(18)17-6-5-14(19)20/h8-9H,3-7H2,1-2H3,(H,17,18)(H,19,20). The Morgan fingerprint density at radius 3 is 2.43 bits per heavy atom. The van der Waals surface area contributed by atoms with Gasteiger partial charge in [0.2, 0.25) is 5.91 Å². The normalized spacial score (nSPS) is 10.2. The van der Waals surface area contributed by atoms with E-state index in [2.05, 4.69) is 5.32 Å². The Bertz CT molecular complexity index is 493. The first kappa shape index (κ1) is 17.3. The largest absolute Gasteiger partial charge is 0.494 e. The average Bonchev–Trinajstić information content (AvgIpc) is 2.40. The lowest BCUT2D eigenvalue weighted by molar-refractivity contribution is -0.136. The van der Waals surface area contributed by atoms with Crippen LogP contribution < -0.4 is 10.1 Å². The number of carboxylic acid groups (broad SMARTS) is 1. The van der Waals surface area contributed by atoms with Gasteiger partial charge in [0, 0.05) is 18.0 Å². The van der Waals surface area contributed by atoms with E-state index >= 15 is 0 Å². The molecule has 1 aromatic carbocycles. The molecule has 0 aliphatic carbocycles. The fraction of sp³-hybridized carbons (Fsp3) is 0.467. The van der Waals surface area contributed by atoms with Crippen LogP contribution in [0, 0.1) is 13.8 Å². The maximum atomic E-state index is 11.4. The molecule has 0 atom stereocenters. The molecule has 0 aliphatic rings. The minimum Gasteiger partial charge on any atom is -0.494 e. The van der Waals surface area contributed by atoms with Gasteiger partial charge in [-0.3, -0.25) is 9.59 Å². The first-order valence-corrected chi connectivity index (χ1v) is 7.16. The second-order valence-electron chi connectivity index (χ2n) is 4.82. The molecule has 0 aromatic heterocycles. The van der Waals surface area contributed by atoms with E-state index in [0.717, 1.165) is 21.9 Å². The molecule has 21 heavy (non-hydrogen) atoms. The summed E-state index contributed by atoms with van der Waals surface area (Å²) >= 11 is 6.07. The number of hydrogen-bond donors (Lipinski definition) is 2. The molecule has 2 N–H and O–H groups in total. The summed E-state index contributed by atoms with van der Waals surface area (Å²) in [6, 6.07) is 3.73. The molecule has 5 nitrogen and oxygen atoms in total. The van der Waals surface area contributed by atoms with E-state index in [1.807, 2.05) is 26.0 Å². The van der Waals surface area contributed by atoms with Crippen molar-refractivity contribution in [2.24, 2.45) is 0 Å². The van der Waals surface area contributed by atoms with Gasteiger partial charge < -0.3 is 15.2 Å². The van der Waals surface area contributed by atoms with Crippen molar-refractivity contribution in [1.82, 2.24) is 5.32 Å². The number of carbonyl (C=O) groups excluding carboxylic acids is 1. The van der Waals surface area contributed by atoms with Crippen molar-refractivity contribution in [2.45, 2.75) is 33.1 Å². The number of halogens is 1. The zero-order valence-electron chi connectivity index (χ0n) is 12.2. The molecule has 1 aromatic rings. The fourth-order valence-electron chi connectivity index (χ4n) is 1.81. The molecule has 116 valence electrons. The summed E-state index contributed by atoms with van der Waals surface area (Å²) in [5.41, 5.74) is 1.91. The van der Waals surface area contributed by atoms with E-state index in [-0.39, 0.29) is 18.9 Å². The molecule has 0 aliphatic heterocycles. The highest BCUT2D eigenvalue weighted by molar-refractivity contribution is 6.32. The van der Waals surface area contributed by atoms with Gasteiger partial charge >= 0.3 is 5.97 Å². The monoisotopic (exact) mass is 313 g/mol. The molecular weight excluding hydrogens is 294 g/mol. The van der Waals surface area contributed by atoms with Gasteiger partial charge in [0.25, 0.3) is 0 Å². The van der Waals surface area contributed by atoms with Crippen molar-refractivity contribution in [3.8, 4) is 5.75 Å². The maximum absolute atomic E-state index is 11.4. The summed E-state index contributed by atoms with van der Waals surface area (Å²) in [7, 11) is 0. The average molecular weight is 314 g/mol. The molecule has 0 spiro atoms. The molecular formula is C15H20ClNO4. The fourth-order valence-corrected chi connectivity index (χ4v) is 1.92. The Morgan fingerprint density at radius 2 is 1.86 bits per heavy atom. The second kappa shape index (κ2) is 8.52. The van der Waals surface area contributed by atoms with Gasteiger partial charge in [-0.15, -0.1) is 0 Å². The van der Waals surface area contributed by atoms with E-state index in [1.54, 1.807) is 0 Å². The summed E-state index contributed by atoms with van der Waals surface area (Å²) in [5.74, 6) is -0.351. The number of hydrogen-bond acceptors (Lipinski definition) is 3. The number of ether oxygens (including phenoxy) is 1. The van der Waals surface area contributed by atoms with Gasteiger partial charge in [-0.05, 0) is 43.5 Å². The number of benzene rings is 1. The van der Waals surface area contributed by atoms with Gasteiger partial charge in [-0.2, -0.15) is 0 Å². The van der Waals surface area contributed by atoms with E-state index in [1.165, 1.54) is 0 Å². The van der Waals surface area contributed by atoms with Crippen LogP contribution in [0.4, 0.5) is 0 Å². The number of amides is 1. The number of aryl methyl sites for hydroxylation is 2. The zero-order chi connectivity index (χ0) is 15.8. The summed E-state index contributed by atoms with van der Waals surface area (Å²) in [6.07, 6.45) is 0.816. The van der Waals surface area contributed by atoms with Crippen LogP contribution in [0.2, 0.25) is 5.02 Å². The topological polar surface area (TPSA) is 75.6 Å². The minimum absolute atomic E-state index is 0.0639. The third kappa shape index (κ3) is 6.49. The van der Waals surface area contributed by atoms with E-state index < -0.39 is 5.97 Å². The predicted molar refractivity (Wildman–Crippen MR) is 80.9 cm³/mol. The van der Waals surface area contributed by atoms with Crippen LogP contribution in [0.5, 0.6) is 5.75 Å². The number of carbonyl (C=O) groups is 2. The predicted octanol–water partition coefficient (Wildman–Crippen LogP) is 2.71. The van der Waals surface area contributed by atoms with Crippen molar-refractivity contribution in [2.75, 3.05) is 13.2 Å². The van der Waals surface area contributed by atoms with Crippen LogP contribution in [-0.2, 0) is 9.59 Å². The van der Waals surface area contributed by atoms with Crippen molar-refractivity contribution in [3.05, 3.63) is 28.3 Å². The molecule has 6 heteroatoms. The number of rotatable bonds is 8. The van der Waals surface area contributed by atoms with Crippen molar-refractivity contribution in [3.63, 3.8) is 0 Å². The second-order valence-corrected chi connectivity index (χ2v) is 5.19. The molecule has 0 saturated carbocycles. The highest BCUT2D eigenvalue weighted by Gasteiger charge is 2.05. The molecule has 1 amide bonds. The van der Waals surface area contributed by atoms with Crippen molar-refractivity contribution in [1.29, 1.82) is 0 Å². The minimum atomic E-state index is -0.924. The molecule has 1 rings (SSSR count). The Morgan fingerprint density at radius 1 is 1.24 bits per heavy atom. The lowest BCUT2D eigenvalue weighted by atomic mass is 10.1. The third-order valence-corrected chi connectivity index (χ3v) is 3.48. The highest BCUT2D eigenvalue weighted by Crippen LogP contribution is 2.25. The van der Waals surface area contributed by atoms with Gasteiger partial charge in [0.1, 0.15) is 5.75 Å². The summed E-state index contributed by atoms with van der Waals surface area (Å²) in [6.45, 7) is 4.41. The molecule has 0 radical (unpaired) electrons. The Balaban J connectivity index is 2.25. The summed E-state index contributed by atoms with van der Waals surface area (Å²) < 4.78 is 5.58. The Kier molecular flexibility index (Phi) is 7.02. The maximum Gasteiger partial charge on any atom is 0.305 e. The van der Waals surface area contributed by atoms with Crippen molar-refractivity contribution >= 4 is 23.5 Å². The van der Waals surface area contributed by atoms with Crippen LogP contribution in [0.3, 0.4) is 0 Å². The molecule has 0 unspecified atom stereocenters. The highest BCUT2D eigenvalue weighted by atomic mass is 35.5. The van der Waals surface area contributed by atoms with Gasteiger partial charge in [-0.1, -0.05) is 11.6 Å². The quantitative estimate of drug-likeness (QED) is 0.724. The lowest BCUT2D eigenvalue weighted by Crippen LogP contribution is -2.26. The first-order valence-electron chi connectivity index (χ1n) is 6.78. The number of nitrogens with one attached hydrogen (secondary N) is 1. The van der Waals surface area contributed by atoms with E-state index in [0.29, 0.717) is 19.4 Å². The van der Waals surface area contributed by atoms with E-state index in [4.69, 9.17) is 21.4 Å². The lowest BCUT2D eigenvalue weighted by Gasteiger charge is -2.10. The van der Waals surface area contributed by atoms with Crippen LogP contribution in [0.15, 0.2) is 12.1 Å². The molecule has 0 fully saturated rings. The SMILES string of the molecule is Cc1cc(OCCCC(=O)NCCC(=O)O)cc(C)c1Cl. The Hall–Kier alpha value is -1.75. The Labute approximate surface area is 129 Å². The van der Waals surface area contributed by atoms with E-state index in [9.17, 15) is 9.59 Å². The number of carboxylic acids is 1. The smallest absolute Gasteiger partial charge is 0.305 e. The molecule has 0 saturated heterocycles. The van der Waals surface area contributed by atoms with Crippen molar-refractivity contribution < 1.29 is 19.4 Å². The van der Waals surface area contributed by atoms with Gasteiger partial charge in [0.15, 0.2) is 0 Å². The van der Waals surface area contributed by atoms with Crippen LogP contribution in [0.1, 0.15) is 30.4 Å². The molecule has 0 bridgehead atoms. The third-order valence-electron chi connectivity index (χ3n) is 2.89. The number of aliphatic carboxylic acids is 1. The van der Waals surface area contributed by atoms with Crippen LogP contribution in [0.25, 0.3) is 0 Å². The zero-order valence-corrected chi connectivity index (χ0v) is 13.0. The van der Waals surface area contributed by atoms with Gasteiger partial charge in [-0.25, -0.2) is 0 Å². The van der Waals surface area contributed by atoms with Crippen LogP contribution >= 0.6 is 11.6 Å². The first-order chi connectivity index (χ1) is 9.90. The van der Waals surface area contributed by atoms with Crippen LogP contribution in [-0.4, -0.2) is 30.1 Å². The summed E-state index contributed by atoms with van der Waals surface area (Å²) in [5, 5.41) is 11.7.